The molecule has 0 spiro atoms. The Balaban J connectivity index is 1.80. The van der Waals surface area contributed by atoms with Crippen molar-refractivity contribution in [2.75, 3.05) is 36.0 Å². The minimum atomic E-state index is -4.73. The van der Waals surface area contributed by atoms with Gasteiger partial charge in [-0.1, -0.05) is 0 Å². The lowest BCUT2D eigenvalue weighted by Gasteiger charge is -2.37. The largest absolute Gasteiger partial charge is 0.418 e. The average Bonchev–Trinajstić information content (AvgIpc) is 2.66. The van der Waals surface area contributed by atoms with E-state index in [0.717, 1.165) is 18.3 Å². The van der Waals surface area contributed by atoms with Gasteiger partial charge in [0.05, 0.1) is 15.4 Å². The summed E-state index contributed by atoms with van der Waals surface area (Å²) in [6.07, 6.45) is -3.56. The average molecular weight is 411 g/mol. The van der Waals surface area contributed by atoms with Crippen molar-refractivity contribution in [3.8, 4) is 0 Å². The predicted molar refractivity (Wildman–Crippen MR) is 98.2 cm³/mol. The van der Waals surface area contributed by atoms with Crippen LogP contribution in [0.1, 0.15) is 11.1 Å². The summed E-state index contributed by atoms with van der Waals surface area (Å²) >= 11 is 0. The van der Waals surface area contributed by atoms with Crippen molar-refractivity contribution in [1.29, 1.82) is 0 Å². The number of hydrogen-bond acceptors (Lipinski definition) is 7. The molecular weight excluding hydrogens is 395 g/mol. The number of nitro groups is 2. The third-order valence-electron chi connectivity index (χ3n) is 4.71. The molecule has 0 saturated carbocycles. The summed E-state index contributed by atoms with van der Waals surface area (Å²) in [6.45, 7) is 2.75. The van der Waals surface area contributed by atoms with Crippen LogP contribution in [0.5, 0.6) is 0 Å². The topological polar surface area (TPSA) is 106 Å². The summed E-state index contributed by atoms with van der Waals surface area (Å²) in [4.78, 5) is 27.8. The second kappa shape index (κ2) is 7.53. The molecule has 2 heterocycles. The summed E-state index contributed by atoms with van der Waals surface area (Å²) in [5.41, 5.74) is -1.45. The first kappa shape index (κ1) is 20.3. The van der Waals surface area contributed by atoms with E-state index in [-0.39, 0.29) is 24.5 Å². The fraction of sp³-hybridized carbons (Fsp3) is 0.353. The highest BCUT2D eigenvalue weighted by molar-refractivity contribution is 5.60. The van der Waals surface area contributed by atoms with Gasteiger partial charge in [0, 0.05) is 49.6 Å². The monoisotopic (exact) mass is 411 g/mol. The number of piperazine rings is 1. The summed E-state index contributed by atoms with van der Waals surface area (Å²) < 4.78 is 40.2. The fourth-order valence-corrected chi connectivity index (χ4v) is 3.21. The predicted octanol–water partition coefficient (Wildman–Crippen LogP) is 3.55. The van der Waals surface area contributed by atoms with Gasteiger partial charge in [-0.05, 0) is 19.1 Å². The van der Waals surface area contributed by atoms with Crippen LogP contribution in [0.25, 0.3) is 0 Å². The van der Waals surface area contributed by atoms with Crippen LogP contribution in [-0.4, -0.2) is 41.0 Å². The number of halogens is 3. The molecule has 1 aromatic heterocycles. The molecule has 0 N–H and O–H groups in total. The summed E-state index contributed by atoms with van der Waals surface area (Å²) in [5, 5.41) is 21.7. The number of benzene rings is 1. The van der Waals surface area contributed by atoms with Crippen LogP contribution in [0.2, 0.25) is 0 Å². The maximum Gasteiger partial charge on any atom is 0.418 e. The number of nitro benzene ring substituents is 1. The normalized spacial score (nSPS) is 14.8. The maximum absolute atomic E-state index is 13.4. The van der Waals surface area contributed by atoms with Crippen LogP contribution >= 0.6 is 0 Å². The Morgan fingerprint density at radius 3 is 2.14 bits per heavy atom. The van der Waals surface area contributed by atoms with Gasteiger partial charge in [-0.15, -0.1) is 0 Å². The van der Waals surface area contributed by atoms with Gasteiger partial charge in [-0.25, -0.2) is 4.98 Å². The van der Waals surface area contributed by atoms with Gasteiger partial charge in [0.15, 0.2) is 0 Å². The van der Waals surface area contributed by atoms with Crippen LogP contribution in [-0.2, 0) is 6.18 Å². The Morgan fingerprint density at radius 1 is 1.00 bits per heavy atom. The van der Waals surface area contributed by atoms with Gasteiger partial charge in [0.1, 0.15) is 12.0 Å². The SMILES string of the molecule is Cc1cc(N2CCN(c3ccc([N+](=O)[O-])cc3C(F)(F)F)CC2)ncc1[N+](=O)[O-]. The molecule has 0 radical (unpaired) electrons. The Kier molecular flexibility index (Phi) is 5.27. The van der Waals surface area contributed by atoms with E-state index in [0.29, 0.717) is 30.5 Å². The molecular formula is C17H16F3N5O4. The minimum Gasteiger partial charge on any atom is -0.367 e. The first-order valence-electron chi connectivity index (χ1n) is 8.54. The standard InChI is InChI=1S/C17H16F3N5O4/c1-11-8-16(21-10-15(11)25(28)29)23-6-4-22(5-7-23)14-3-2-12(24(26)27)9-13(14)17(18,19)20/h2-3,8-10H,4-7H2,1H3. The van der Waals surface area contributed by atoms with Gasteiger partial charge in [-0.3, -0.25) is 20.2 Å². The van der Waals surface area contributed by atoms with Crippen molar-refractivity contribution in [2.24, 2.45) is 0 Å². The molecule has 1 aliphatic rings. The number of alkyl halides is 3. The molecule has 0 amide bonds. The number of rotatable bonds is 4. The Labute approximate surface area is 162 Å². The number of anilines is 2. The Hall–Kier alpha value is -3.44. The van der Waals surface area contributed by atoms with Crippen molar-refractivity contribution in [3.05, 3.63) is 61.8 Å². The smallest absolute Gasteiger partial charge is 0.367 e. The molecule has 1 aliphatic heterocycles. The highest BCUT2D eigenvalue weighted by Crippen LogP contribution is 2.39. The zero-order valence-electron chi connectivity index (χ0n) is 15.2. The highest BCUT2D eigenvalue weighted by atomic mass is 19.4. The van der Waals surface area contributed by atoms with Crippen LogP contribution < -0.4 is 9.80 Å². The number of nitrogens with zero attached hydrogens (tertiary/aromatic N) is 5. The zero-order valence-corrected chi connectivity index (χ0v) is 15.2. The van der Waals surface area contributed by atoms with Gasteiger partial charge in [0.2, 0.25) is 0 Å². The maximum atomic E-state index is 13.4. The number of non-ortho nitro benzene ring substituents is 1. The van der Waals surface area contributed by atoms with E-state index in [1.54, 1.807) is 13.0 Å². The quantitative estimate of drug-likeness (QED) is 0.559. The van der Waals surface area contributed by atoms with Crippen LogP contribution in [0.3, 0.4) is 0 Å². The second-order valence-electron chi connectivity index (χ2n) is 6.52. The zero-order chi connectivity index (χ0) is 21.3. The molecule has 154 valence electrons. The lowest BCUT2D eigenvalue weighted by molar-refractivity contribution is -0.385. The third-order valence-corrected chi connectivity index (χ3v) is 4.71. The molecule has 2 aromatic rings. The minimum absolute atomic E-state index is 0.104. The van der Waals surface area contributed by atoms with E-state index in [9.17, 15) is 33.4 Å². The number of pyridine rings is 1. The number of aromatic nitrogens is 1. The molecule has 9 nitrogen and oxygen atoms in total. The van der Waals surface area contributed by atoms with Crippen molar-refractivity contribution in [1.82, 2.24) is 4.98 Å². The van der Waals surface area contributed by atoms with Crippen LogP contribution in [0.15, 0.2) is 30.5 Å². The Bertz CT molecular complexity index is 959. The van der Waals surface area contributed by atoms with Crippen LogP contribution in [0.4, 0.5) is 36.1 Å². The van der Waals surface area contributed by atoms with Crippen molar-refractivity contribution in [2.45, 2.75) is 13.1 Å². The molecule has 0 unspecified atom stereocenters. The lowest BCUT2D eigenvalue weighted by Crippen LogP contribution is -2.47. The van der Waals surface area contributed by atoms with Gasteiger partial charge in [0.25, 0.3) is 11.4 Å². The summed E-state index contributed by atoms with van der Waals surface area (Å²) in [6, 6.07) is 4.28. The van der Waals surface area contributed by atoms with E-state index < -0.39 is 27.3 Å². The third kappa shape index (κ3) is 4.20. The van der Waals surface area contributed by atoms with Gasteiger partial charge >= 0.3 is 6.18 Å². The van der Waals surface area contributed by atoms with Crippen molar-refractivity contribution in [3.63, 3.8) is 0 Å². The van der Waals surface area contributed by atoms with E-state index >= 15 is 0 Å². The van der Waals surface area contributed by atoms with Crippen LogP contribution in [0, 0.1) is 27.2 Å². The van der Waals surface area contributed by atoms with Gasteiger partial charge in [-0.2, -0.15) is 13.2 Å². The van der Waals surface area contributed by atoms with E-state index in [1.165, 1.54) is 4.90 Å². The van der Waals surface area contributed by atoms with Crippen molar-refractivity contribution < 1.29 is 23.0 Å². The molecule has 0 atom stereocenters. The van der Waals surface area contributed by atoms with E-state index in [1.807, 2.05) is 4.90 Å². The fourth-order valence-electron chi connectivity index (χ4n) is 3.21. The molecule has 3 rings (SSSR count). The first-order valence-corrected chi connectivity index (χ1v) is 8.54. The molecule has 12 heteroatoms. The Morgan fingerprint density at radius 2 is 1.62 bits per heavy atom. The number of aryl methyl sites for hydroxylation is 1. The lowest BCUT2D eigenvalue weighted by atomic mass is 10.1. The highest BCUT2D eigenvalue weighted by Gasteiger charge is 2.37. The molecule has 1 saturated heterocycles. The second-order valence-corrected chi connectivity index (χ2v) is 6.52. The molecule has 1 aromatic carbocycles. The molecule has 0 bridgehead atoms. The first-order chi connectivity index (χ1) is 13.6. The van der Waals surface area contributed by atoms with Gasteiger partial charge < -0.3 is 9.80 Å². The molecule has 0 aliphatic carbocycles. The number of hydrogen-bond donors (Lipinski definition) is 0. The summed E-state index contributed by atoms with van der Waals surface area (Å²) in [7, 11) is 0. The van der Waals surface area contributed by atoms with E-state index in [2.05, 4.69) is 4.98 Å². The summed E-state index contributed by atoms with van der Waals surface area (Å²) in [5.74, 6) is 0.507. The van der Waals surface area contributed by atoms with E-state index in [4.69, 9.17) is 0 Å². The van der Waals surface area contributed by atoms with Crippen molar-refractivity contribution >= 4 is 22.9 Å². The molecule has 1 fully saturated rings. The molecule has 29 heavy (non-hydrogen) atoms.